The Morgan fingerprint density at radius 2 is 2.24 bits per heavy atom. The molecule has 1 amide bonds. The Bertz CT molecular complexity index is 716. The highest BCUT2D eigenvalue weighted by molar-refractivity contribution is 7.09. The van der Waals surface area contributed by atoms with Crippen LogP contribution < -0.4 is 5.73 Å². The molecule has 0 radical (unpaired) electrons. The van der Waals surface area contributed by atoms with Crippen LogP contribution in [0.15, 0.2) is 17.5 Å². The van der Waals surface area contributed by atoms with Gasteiger partial charge in [-0.3, -0.25) is 9.69 Å². The predicted molar refractivity (Wildman–Crippen MR) is 99.8 cm³/mol. The zero-order valence-electron chi connectivity index (χ0n) is 15.2. The van der Waals surface area contributed by atoms with E-state index < -0.39 is 0 Å². The minimum absolute atomic E-state index is 0.123. The first-order chi connectivity index (χ1) is 11.8. The van der Waals surface area contributed by atoms with Gasteiger partial charge in [0.2, 0.25) is 5.91 Å². The third-order valence-corrected chi connectivity index (χ3v) is 5.35. The number of piperidine rings is 1. The van der Waals surface area contributed by atoms with Gasteiger partial charge in [-0.05, 0) is 51.6 Å². The number of carbonyl (C=O) groups excluding carboxylic acids is 1. The topological polar surface area (TPSA) is 77.0 Å². The van der Waals surface area contributed by atoms with E-state index in [9.17, 15) is 4.79 Å². The normalized spacial score (nSPS) is 19.2. The molecule has 1 saturated heterocycles. The molecule has 0 aliphatic carbocycles. The molecule has 2 aromatic rings. The number of amides is 1. The summed E-state index contributed by atoms with van der Waals surface area (Å²) < 4.78 is 2.08. The SMILES string of the molecule is CC(C)(C)n1nc(Cc2cccs2)nc1C1CCCN(CC(N)=O)C1. The molecule has 1 aliphatic heterocycles. The van der Waals surface area contributed by atoms with Crippen molar-refractivity contribution in [3.8, 4) is 0 Å². The molecule has 0 aromatic carbocycles. The zero-order chi connectivity index (χ0) is 18.0. The van der Waals surface area contributed by atoms with E-state index in [1.807, 2.05) is 0 Å². The molecule has 0 spiro atoms. The summed E-state index contributed by atoms with van der Waals surface area (Å²) in [7, 11) is 0. The van der Waals surface area contributed by atoms with Crippen LogP contribution in [0.1, 0.15) is 56.1 Å². The van der Waals surface area contributed by atoms with Gasteiger partial charge >= 0.3 is 0 Å². The second-order valence-electron chi connectivity index (χ2n) is 7.77. The van der Waals surface area contributed by atoms with Crippen molar-refractivity contribution < 1.29 is 4.79 Å². The summed E-state index contributed by atoms with van der Waals surface area (Å²) >= 11 is 1.73. The van der Waals surface area contributed by atoms with Crippen molar-refractivity contribution in [3.63, 3.8) is 0 Å². The first kappa shape index (κ1) is 18.1. The lowest BCUT2D eigenvalue weighted by molar-refractivity contribution is -0.119. The summed E-state index contributed by atoms with van der Waals surface area (Å²) in [6, 6.07) is 4.18. The van der Waals surface area contributed by atoms with Crippen molar-refractivity contribution in [2.45, 2.75) is 51.5 Å². The smallest absolute Gasteiger partial charge is 0.231 e. The molecule has 136 valence electrons. The number of nitrogens with zero attached hydrogens (tertiary/aromatic N) is 4. The summed E-state index contributed by atoms with van der Waals surface area (Å²) in [5, 5.41) is 6.90. The summed E-state index contributed by atoms with van der Waals surface area (Å²) in [5.41, 5.74) is 5.25. The van der Waals surface area contributed by atoms with Gasteiger partial charge < -0.3 is 5.73 Å². The lowest BCUT2D eigenvalue weighted by Crippen LogP contribution is -2.41. The molecule has 1 aliphatic rings. The second-order valence-corrected chi connectivity index (χ2v) is 8.80. The van der Waals surface area contributed by atoms with Crippen LogP contribution in [0.4, 0.5) is 0 Å². The van der Waals surface area contributed by atoms with Crippen LogP contribution >= 0.6 is 11.3 Å². The molecule has 1 unspecified atom stereocenters. The maximum Gasteiger partial charge on any atom is 0.231 e. The summed E-state index contributed by atoms with van der Waals surface area (Å²) in [6.07, 6.45) is 2.89. The largest absolute Gasteiger partial charge is 0.369 e. The van der Waals surface area contributed by atoms with Crippen LogP contribution in [0, 0.1) is 0 Å². The number of aromatic nitrogens is 3. The maximum absolute atomic E-state index is 11.3. The molecule has 3 rings (SSSR count). The maximum atomic E-state index is 11.3. The molecule has 0 saturated carbocycles. The van der Waals surface area contributed by atoms with E-state index in [1.165, 1.54) is 4.88 Å². The van der Waals surface area contributed by atoms with Crippen LogP contribution in [0.5, 0.6) is 0 Å². The lowest BCUT2D eigenvalue weighted by atomic mass is 9.96. The number of hydrogen-bond donors (Lipinski definition) is 1. The molecule has 7 heteroatoms. The van der Waals surface area contributed by atoms with E-state index in [-0.39, 0.29) is 17.4 Å². The predicted octanol–water partition coefficient (Wildman–Crippen LogP) is 2.35. The van der Waals surface area contributed by atoms with Gasteiger partial charge in [0, 0.05) is 23.8 Å². The number of likely N-dealkylation sites (tertiary alicyclic amines) is 1. The Labute approximate surface area is 153 Å². The number of carbonyl (C=O) groups is 1. The summed E-state index contributed by atoms with van der Waals surface area (Å²) in [5.74, 6) is 1.93. The molecule has 2 aromatic heterocycles. The molecule has 6 nitrogen and oxygen atoms in total. The number of primary amides is 1. The van der Waals surface area contributed by atoms with Crippen LogP contribution in [0.25, 0.3) is 0 Å². The van der Waals surface area contributed by atoms with Crippen molar-refractivity contribution in [2.75, 3.05) is 19.6 Å². The van der Waals surface area contributed by atoms with Gasteiger partial charge in [-0.15, -0.1) is 11.3 Å². The minimum Gasteiger partial charge on any atom is -0.369 e. The van der Waals surface area contributed by atoms with E-state index in [1.54, 1.807) is 11.3 Å². The highest BCUT2D eigenvalue weighted by Gasteiger charge is 2.30. The van der Waals surface area contributed by atoms with Gasteiger partial charge in [0.1, 0.15) is 5.82 Å². The highest BCUT2D eigenvalue weighted by atomic mass is 32.1. The van der Waals surface area contributed by atoms with Crippen LogP contribution in [-0.2, 0) is 16.8 Å². The summed E-state index contributed by atoms with van der Waals surface area (Å²) in [4.78, 5) is 19.6. The average Bonchev–Trinajstić information content (AvgIpc) is 3.16. The monoisotopic (exact) mass is 361 g/mol. The molecule has 25 heavy (non-hydrogen) atoms. The Morgan fingerprint density at radius 1 is 1.44 bits per heavy atom. The van der Waals surface area contributed by atoms with E-state index in [2.05, 4.69) is 47.9 Å². The average molecular weight is 362 g/mol. The van der Waals surface area contributed by atoms with Gasteiger partial charge in [-0.2, -0.15) is 5.10 Å². The van der Waals surface area contributed by atoms with Crippen molar-refractivity contribution >= 4 is 17.2 Å². The van der Waals surface area contributed by atoms with Gasteiger partial charge in [-0.25, -0.2) is 9.67 Å². The Kier molecular flexibility index (Phi) is 5.24. The van der Waals surface area contributed by atoms with E-state index >= 15 is 0 Å². The van der Waals surface area contributed by atoms with Crippen molar-refractivity contribution in [3.05, 3.63) is 34.0 Å². The fraction of sp³-hybridized carbons (Fsp3) is 0.611. The Morgan fingerprint density at radius 3 is 2.88 bits per heavy atom. The quantitative estimate of drug-likeness (QED) is 0.887. The molecule has 0 bridgehead atoms. The number of thiophene rings is 1. The molecule has 2 N–H and O–H groups in total. The molecular weight excluding hydrogens is 334 g/mol. The van der Waals surface area contributed by atoms with Gasteiger partial charge in [0.05, 0.1) is 12.1 Å². The van der Waals surface area contributed by atoms with Crippen LogP contribution in [-0.4, -0.2) is 45.2 Å². The fourth-order valence-corrected chi connectivity index (χ4v) is 4.10. The van der Waals surface area contributed by atoms with E-state index in [0.29, 0.717) is 6.54 Å². The first-order valence-electron chi connectivity index (χ1n) is 8.82. The van der Waals surface area contributed by atoms with E-state index in [4.69, 9.17) is 15.8 Å². The number of rotatable bonds is 5. The summed E-state index contributed by atoms with van der Waals surface area (Å²) in [6.45, 7) is 8.53. The van der Waals surface area contributed by atoms with Crippen LogP contribution in [0.2, 0.25) is 0 Å². The van der Waals surface area contributed by atoms with Gasteiger partial charge in [0.25, 0.3) is 0 Å². The molecule has 1 fully saturated rings. The standard InChI is InChI=1S/C18H27N5OS/c1-18(2,3)23-17(13-6-4-8-22(11-13)12-15(19)24)20-16(21-23)10-14-7-5-9-25-14/h5,7,9,13H,4,6,8,10-12H2,1-3H3,(H2,19,24). The van der Waals surface area contributed by atoms with Gasteiger partial charge in [-0.1, -0.05) is 6.07 Å². The number of hydrogen-bond acceptors (Lipinski definition) is 5. The van der Waals surface area contributed by atoms with Gasteiger partial charge in [0.15, 0.2) is 5.82 Å². The van der Waals surface area contributed by atoms with Crippen molar-refractivity contribution in [1.82, 2.24) is 19.7 Å². The fourth-order valence-electron chi connectivity index (χ4n) is 3.40. The molecule has 1 atom stereocenters. The lowest BCUT2D eigenvalue weighted by Gasteiger charge is -2.33. The zero-order valence-corrected chi connectivity index (χ0v) is 16.1. The Balaban J connectivity index is 1.85. The highest BCUT2D eigenvalue weighted by Crippen LogP contribution is 2.29. The second kappa shape index (κ2) is 7.25. The van der Waals surface area contributed by atoms with Crippen molar-refractivity contribution in [2.24, 2.45) is 5.73 Å². The molecule has 3 heterocycles. The molecular formula is C18H27N5OS. The third-order valence-electron chi connectivity index (χ3n) is 4.47. The number of nitrogens with two attached hydrogens (primary N) is 1. The first-order valence-corrected chi connectivity index (χ1v) is 9.70. The van der Waals surface area contributed by atoms with E-state index in [0.717, 1.165) is 44.0 Å². The van der Waals surface area contributed by atoms with Crippen molar-refractivity contribution in [1.29, 1.82) is 0 Å². The minimum atomic E-state index is -0.267. The Hall–Kier alpha value is -1.73. The van der Waals surface area contributed by atoms with Crippen LogP contribution in [0.3, 0.4) is 0 Å². The third kappa shape index (κ3) is 4.46.